The van der Waals surface area contributed by atoms with E-state index in [0.717, 1.165) is 82.9 Å². The molecule has 2 aliphatic heterocycles. The maximum Gasteiger partial charge on any atom is 0.252 e. The van der Waals surface area contributed by atoms with Gasteiger partial charge in [-0.1, -0.05) is 313 Å². The molecule has 0 atom stereocenters. The molecule has 0 radical (unpaired) electrons. The number of benzene rings is 15. The van der Waals surface area contributed by atoms with Crippen molar-refractivity contribution in [2.75, 3.05) is 9.80 Å². The second kappa shape index (κ2) is 24.9. The van der Waals surface area contributed by atoms with E-state index in [2.05, 4.69) is 238 Å². The third-order valence-electron chi connectivity index (χ3n) is 23.8. The number of aromatic nitrogens is 2. The second-order valence-corrected chi connectivity index (χ2v) is 34.9. The van der Waals surface area contributed by atoms with Crippen molar-refractivity contribution >= 4 is 123 Å². The first-order valence-corrected chi connectivity index (χ1v) is 39.0. The minimum absolute atomic E-state index is 0.0544. The monoisotopic (exact) mass is 1470 g/mol. The lowest BCUT2D eigenvalue weighted by Crippen LogP contribution is -2.61. The lowest BCUT2D eigenvalue weighted by molar-refractivity contribution is 0.569. The normalized spacial score (nSPS) is 15.6. The van der Waals surface area contributed by atoms with Crippen LogP contribution in [0, 0.1) is 0 Å². The van der Waals surface area contributed by atoms with Gasteiger partial charge in [0.15, 0.2) is 5.58 Å². The fourth-order valence-electron chi connectivity index (χ4n) is 18.1. The minimum Gasteiger partial charge on any atom is -0.454 e. The summed E-state index contributed by atoms with van der Waals surface area (Å²) in [5.74, 6) is -0.264. The molecule has 18 aromatic rings. The Bertz CT molecular complexity index is 7710. The summed E-state index contributed by atoms with van der Waals surface area (Å²) in [6.07, 6.45) is 0. The SMILES string of the molecule is [2H]c1c([2H])c([2H])c2c(c1[2H])c1c([2H])c([2H])c([2H])c([2H])c1n2-c1ccc2c(c1)N(c1cc(-c3ccccc3)cc(-c3ccccc3)c1)c1cc(-c3cc(C(C)(C)C)cc(C(C)(C)C)c3)cc3c1B2c1ccc(-n2c4c([2H])c([2H])c([2H])c([2H])c4c4c([2H])c([2H])c([2H])c([2H])c42)cc1N3c1cccc2c1oc1c(C3c4ccc(C(C)(C)C)cc4-c4cc(C(C)(C)C)ccc43)cccc12. The van der Waals surface area contributed by atoms with Crippen LogP contribution in [0.1, 0.15) is 150 Å². The molecule has 21 rings (SSSR count). The molecular formula is C107H89BN4O. The van der Waals surface area contributed by atoms with Crippen LogP contribution in [0.4, 0.5) is 34.1 Å². The molecule has 5 nitrogen and oxygen atoms in total. The number of rotatable bonds is 8. The zero-order valence-electron chi connectivity index (χ0n) is 81.1. The summed E-state index contributed by atoms with van der Waals surface area (Å²) in [5, 5.41) is 1.37. The molecular weight excluding hydrogens is 1370 g/mol. The molecule has 0 spiro atoms. The Hall–Kier alpha value is -12.6. The van der Waals surface area contributed by atoms with Crippen molar-refractivity contribution < 1.29 is 26.3 Å². The van der Waals surface area contributed by atoms with E-state index in [9.17, 15) is 16.4 Å². The van der Waals surface area contributed by atoms with E-state index < -0.39 is 103 Å². The van der Waals surface area contributed by atoms with E-state index in [4.69, 9.17) is 9.90 Å². The van der Waals surface area contributed by atoms with Gasteiger partial charge in [-0.15, -0.1) is 0 Å². The minimum atomic E-state index is -0.788. The fraction of sp³-hybridized carbons (Fsp3) is 0.159. The highest BCUT2D eigenvalue weighted by atomic mass is 16.3. The van der Waals surface area contributed by atoms with Gasteiger partial charge in [-0.05, 0) is 201 Å². The quantitative estimate of drug-likeness (QED) is 0.142. The Morgan fingerprint density at radius 1 is 0.292 bits per heavy atom. The van der Waals surface area contributed by atoms with Gasteiger partial charge in [0.05, 0.1) is 49.7 Å². The number of hydrogen-bond donors (Lipinski definition) is 0. The average molecular weight is 1470 g/mol. The molecule has 0 saturated carbocycles. The van der Waals surface area contributed by atoms with Crippen LogP contribution >= 0.6 is 0 Å². The van der Waals surface area contributed by atoms with Crippen LogP contribution in [0.2, 0.25) is 0 Å². The van der Waals surface area contributed by atoms with Gasteiger partial charge in [0.1, 0.15) is 5.58 Å². The van der Waals surface area contributed by atoms with Gasteiger partial charge in [-0.3, -0.25) is 0 Å². The molecule has 1 aliphatic carbocycles. The molecule has 5 heterocycles. The van der Waals surface area contributed by atoms with Crippen LogP contribution in [0.3, 0.4) is 0 Å². The Morgan fingerprint density at radius 2 is 0.708 bits per heavy atom. The van der Waals surface area contributed by atoms with Crippen molar-refractivity contribution in [3.8, 4) is 55.9 Å². The number of para-hydroxylation sites is 6. The highest BCUT2D eigenvalue weighted by Crippen LogP contribution is 2.56. The fourth-order valence-corrected chi connectivity index (χ4v) is 18.1. The molecule has 0 amide bonds. The Balaban J connectivity index is 0.935. The van der Waals surface area contributed by atoms with Gasteiger partial charge in [0.2, 0.25) is 0 Å². The van der Waals surface area contributed by atoms with Crippen molar-refractivity contribution in [2.24, 2.45) is 0 Å². The number of furan rings is 1. The number of fused-ring (bicyclic) bond motifs is 16. The zero-order valence-corrected chi connectivity index (χ0v) is 65.1. The second-order valence-electron chi connectivity index (χ2n) is 34.9. The Morgan fingerprint density at radius 3 is 1.18 bits per heavy atom. The molecule has 0 fully saturated rings. The predicted octanol–water partition coefficient (Wildman–Crippen LogP) is 27.2. The molecule has 0 bridgehead atoms. The van der Waals surface area contributed by atoms with E-state index >= 15 is 0 Å². The van der Waals surface area contributed by atoms with Crippen molar-refractivity contribution in [2.45, 2.75) is 111 Å². The summed E-state index contributed by atoms with van der Waals surface area (Å²) in [5.41, 5.74) is 22.2. The van der Waals surface area contributed by atoms with Crippen molar-refractivity contribution in [3.05, 3.63) is 354 Å². The van der Waals surface area contributed by atoms with Crippen LogP contribution in [0.15, 0.2) is 319 Å². The lowest BCUT2D eigenvalue weighted by Gasteiger charge is -2.45. The summed E-state index contributed by atoms with van der Waals surface area (Å²) < 4.78 is 163. The number of anilines is 6. The molecule has 0 N–H and O–H groups in total. The Kier molecular flexibility index (Phi) is 11.8. The first-order valence-electron chi connectivity index (χ1n) is 47.0. The third kappa shape index (κ3) is 10.8. The molecule has 0 unspecified atom stereocenters. The van der Waals surface area contributed by atoms with Crippen molar-refractivity contribution in [1.82, 2.24) is 9.13 Å². The van der Waals surface area contributed by atoms with Gasteiger partial charge >= 0.3 is 0 Å². The van der Waals surface area contributed by atoms with E-state index in [1.54, 1.807) is 9.13 Å². The number of nitrogens with zero attached hydrogens (tertiary/aromatic N) is 4. The molecule has 6 heteroatoms. The topological polar surface area (TPSA) is 29.5 Å². The third-order valence-corrected chi connectivity index (χ3v) is 23.8. The van der Waals surface area contributed by atoms with Gasteiger partial charge in [0.25, 0.3) is 6.71 Å². The van der Waals surface area contributed by atoms with Crippen LogP contribution in [0.5, 0.6) is 0 Å². The summed E-state index contributed by atoms with van der Waals surface area (Å²) in [4.78, 5) is 4.51. The van der Waals surface area contributed by atoms with Crippen molar-refractivity contribution in [1.29, 1.82) is 0 Å². The first-order chi connectivity index (χ1) is 61.2. The van der Waals surface area contributed by atoms with Crippen LogP contribution in [-0.2, 0) is 21.7 Å². The molecule has 3 aromatic heterocycles. The highest BCUT2D eigenvalue weighted by molar-refractivity contribution is 7.00. The standard InChI is InChI=1S/C107H89BN4O/c1-104(2,3)71-45-49-82-87(61-71)88-62-72(105(4,5)6)46-50-83(88)100(82)86-39-27-37-84-85-38-28-44-95(103(85)113-102(84)86)112-97-64-76(110-93-42-25-21-35-80(93)81-36-22-26-43-94(81)110)48-52-90(97)108-89-51-47-75(109-91-40-23-19-33-78(91)79-34-20-24-41-92(79)109)63-96(89)111(77-56-67(65-29-15-13-16-30-65)53-68(57-77)66-31-17-14-18-32-66)98-58-70(59-99(112)101(98)108)69-54-73(106(7,8)9)60-74(55-69)107(10,11)12/h13-64,100H,1-12H3/i19D,20D,21D,22D,23D,24D,25D,26D,33D,34D,35D,36D,40D,41D,42D,43D. The predicted molar refractivity (Wildman–Crippen MR) is 480 cm³/mol. The van der Waals surface area contributed by atoms with Crippen LogP contribution in [0.25, 0.3) is 121 Å². The van der Waals surface area contributed by atoms with E-state index in [-0.39, 0.29) is 71.2 Å². The smallest absolute Gasteiger partial charge is 0.252 e. The highest BCUT2D eigenvalue weighted by Gasteiger charge is 2.46. The summed E-state index contributed by atoms with van der Waals surface area (Å²) in [6, 6.07) is 68.2. The summed E-state index contributed by atoms with van der Waals surface area (Å²) in [6.45, 7) is 26.0. The average Bonchev–Trinajstić information content (AvgIpc) is 1.44. The molecule has 113 heavy (non-hydrogen) atoms. The Labute approximate surface area is 685 Å². The summed E-state index contributed by atoms with van der Waals surface area (Å²) >= 11 is 0. The van der Waals surface area contributed by atoms with Gasteiger partial charge in [-0.25, -0.2) is 0 Å². The first kappa shape index (κ1) is 53.3. The van der Waals surface area contributed by atoms with Crippen LogP contribution < -0.4 is 26.2 Å². The lowest BCUT2D eigenvalue weighted by atomic mass is 9.33. The molecule has 546 valence electrons. The van der Waals surface area contributed by atoms with Gasteiger partial charge < -0.3 is 23.4 Å². The summed E-state index contributed by atoms with van der Waals surface area (Å²) in [7, 11) is 0. The van der Waals surface area contributed by atoms with Gasteiger partial charge in [0, 0.05) is 83.6 Å². The van der Waals surface area contributed by atoms with Crippen molar-refractivity contribution in [3.63, 3.8) is 0 Å². The van der Waals surface area contributed by atoms with Gasteiger partial charge in [-0.2, -0.15) is 0 Å². The zero-order chi connectivity index (χ0) is 90.8. The maximum atomic E-state index is 9.94. The molecule has 15 aromatic carbocycles. The number of hydrogen-bond acceptors (Lipinski definition) is 3. The largest absolute Gasteiger partial charge is 0.454 e. The molecule has 0 saturated heterocycles. The maximum absolute atomic E-state index is 9.94. The van der Waals surface area contributed by atoms with E-state index in [0.29, 0.717) is 62.1 Å². The molecule has 3 aliphatic rings. The van der Waals surface area contributed by atoms with E-state index in [1.165, 1.54) is 22.3 Å². The van der Waals surface area contributed by atoms with E-state index in [1.807, 2.05) is 72.8 Å². The van der Waals surface area contributed by atoms with Crippen LogP contribution in [-0.4, -0.2) is 15.8 Å².